The quantitative estimate of drug-likeness (QED) is 0.812. The van der Waals surface area contributed by atoms with E-state index in [2.05, 4.69) is 42.5 Å². The van der Waals surface area contributed by atoms with Gasteiger partial charge in [0, 0.05) is 30.8 Å². The minimum absolute atomic E-state index is 0.0961. The van der Waals surface area contributed by atoms with Crippen molar-refractivity contribution in [3.8, 4) is 0 Å². The molecule has 0 saturated carbocycles. The molecule has 1 aromatic heterocycles. The van der Waals surface area contributed by atoms with Crippen molar-refractivity contribution in [3.63, 3.8) is 0 Å². The summed E-state index contributed by atoms with van der Waals surface area (Å²) in [6.07, 6.45) is 2.87. The van der Waals surface area contributed by atoms with Crippen molar-refractivity contribution in [2.45, 2.75) is 32.1 Å². The van der Waals surface area contributed by atoms with Crippen molar-refractivity contribution in [3.05, 3.63) is 70.1 Å². The Morgan fingerprint density at radius 3 is 2.65 bits per heavy atom. The Labute approximate surface area is 150 Å². The van der Waals surface area contributed by atoms with E-state index in [1.807, 2.05) is 12.1 Å². The summed E-state index contributed by atoms with van der Waals surface area (Å²) in [6.45, 7) is 4.19. The Balaban J connectivity index is 1.71. The maximum absolute atomic E-state index is 13.2. The molecule has 2 aromatic rings. The molecule has 0 saturated heterocycles. The number of allylic oxidation sites excluding steroid dienone is 4. The average Bonchev–Trinajstić information content (AvgIpc) is 3.26. The van der Waals surface area contributed by atoms with Crippen LogP contribution in [0, 0.1) is 0 Å². The molecule has 26 heavy (non-hydrogen) atoms. The third-order valence-corrected chi connectivity index (χ3v) is 5.09. The molecule has 0 radical (unpaired) electrons. The third-order valence-electron chi connectivity index (χ3n) is 5.09. The highest BCUT2D eigenvalue weighted by Crippen LogP contribution is 2.55. The van der Waals surface area contributed by atoms with Gasteiger partial charge < -0.3 is 5.32 Å². The van der Waals surface area contributed by atoms with E-state index >= 15 is 0 Å². The monoisotopic (exact) mass is 355 g/mol. The second-order valence-electron chi connectivity index (χ2n) is 6.96. The van der Waals surface area contributed by atoms with Crippen molar-refractivity contribution >= 4 is 11.6 Å². The zero-order valence-corrected chi connectivity index (χ0v) is 14.8. The maximum atomic E-state index is 13.2. The van der Waals surface area contributed by atoms with Gasteiger partial charge in [-0.3, -0.25) is 9.48 Å². The third kappa shape index (κ3) is 2.40. The highest BCUT2D eigenvalue weighted by Gasteiger charge is 2.39. The smallest absolute Gasteiger partial charge is 0.282 e. The number of hydrogen-bond acceptors (Lipinski definition) is 2. The number of halogens is 2. The minimum atomic E-state index is -2.80. The van der Waals surface area contributed by atoms with Gasteiger partial charge in [0.25, 0.3) is 12.3 Å². The molecule has 4 nitrogen and oxygen atoms in total. The zero-order chi connectivity index (χ0) is 18.6. The highest BCUT2D eigenvalue weighted by molar-refractivity contribution is 6.05. The molecule has 0 aliphatic heterocycles. The van der Waals surface area contributed by atoms with Crippen LogP contribution in [0.3, 0.4) is 0 Å². The topological polar surface area (TPSA) is 46.9 Å². The fraction of sp³-hybridized carbons (Fsp3) is 0.300. The fourth-order valence-electron chi connectivity index (χ4n) is 4.11. The summed E-state index contributed by atoms with van der Waals surface area (Å²) in [5.41, 5.74) is 4.93. The fourth-order valence-corrected chi connectivity index (χ4v) is 4.11. The molecule has 1 N–H and O–H groups in total. The van der Waals surface area contributed by atoms with E-state index in [-0.39, 0.29) is 17.4 Å². The van der Waals surface area contributed by atoms with Gasteiger partial charge in [-0.2, -0.15) is 5.10 Å². The number of nitrogens with zero attached hydrogens (tertiary/aromatic N) is 2. The van der Waals surface area contributed by atoms with Gasteiger partial charge in [0.15, 0.2) is 0 Å². The molecule has 2 atom stereocenters. The lowest BCUT2D eigenvalue weighted by Gasteiger charge is -2.16. The average molecular weight is 355 g/mol. The van der Waals surface area contributed by atoms with Crippen LogP contribution >= 0.6 is 0 Å². The van der Waals surface area contributed by atoms with Gasteiger partial charge in [0.1, 0.15) is 5.69 Å². The van der Waals surface area contributed by atoms with Crippen LogP contribution in [0.2, 0.25) is 0 Å². The van der Waals surface area contributed by atoms with Crippen LogP contribution in [0.5, 0.6) is 0 Å². The molecular weight excluding hydrogens is 336 g/mol. The Bertz CT molecular complexity index is 967. The molecule has 0 fully saturated rings. The van der Waals surface area contributed by atoms with Gasteiger partial charge >= 0.3 is 0 Å². The lowest BCUT2D eigenvalue weighted by Crippen LogP contribution is -2.15. The van der Waals surface area contributed by atoms with Crippen molar-refractivity contribution in [2.75, 3.05) is 5.32 Å². The van der Waals surface area contributed by atoms with Crippen LogP contribution in [0.15, 0.2) is 47.7 Å². The van der Waals surface area contributed by atoms with Gasteiger partial charge in [-0.05, 0) is 36.6 Å². The number of fused-ring (bicyclic) bond motifs is 5. The number of rotatable bonds is 3. The van der Waals surface area contributed by atoms with Crippen LogP contribution in [-0.2, 0) is 7.05 Å². The van der Waals surface area contributed by atoms with Crippen molar-refractivity contribution in [1.82, 2.24) is 9.78 Å². The van der Waals surface area contributed by atoms with E-state index in [1.165, 1.54) is 34.6 Å². The van der Waals surface area contributed by atoms with Crippen LogP contribution in [0.4, 0.5) is 14.5 Å². The Hall–Kier alpha value is -2.76. The number of nitrogens with one attached hydrogen (secondary N) is 1. The Morgan fingerprint density at radius 2 is 1.96 bits per heavy atom. The van der Waals surface area contributed by atoms with Crippen LogP contribution in [0.25, 0.3) is 0 Å². The highest BCUT2D eigenvalue weighted by atomic mass is 19.3. The first-order chi connectivity index (χ1) is 12.4. The van der Waals surface area contributed by atoms with E-state index in [9.17, 15) is 13.6 Å². The predicted octanol–water partition coefficient (Wildman–Crippen LogP) is 4.70. The summed E-state index contributed by atoms with van der Waals surface area (Å²) in [5, 5.41) is 6.54. The number of carbonyl (C=O) groups is 1. The van der Waals surface area contributed by atoms with E-state index in [4.69, 9.17) is 0 Å². The van der Waals surface area contributed by atoms with E-state index < -0.39 is 18.0 Å². The normalized spacial score (nSPS) is 20.0. The molecule has 2 bridgehead atoms. The van der Waals surface area contributed by atoms with Crippen LogP contribution in [-0.4, -0.2) is 15.7 Å². The standard InChI is InChI=1S/C20H19F2N3O/c1-10(2)16-12-7-8-13(16)17-11(12)5-4-6-15(17)23-20(26)14-9-25(3)24-18(14)19(21)22/h4-9,12-13,19H,1-3H3,(H,23,26). The summed E-state index contributed by atoms with van der Waals surface area (Å²) >= 11 is 0. The van der Waals surface area contributed by atoms with Gasteiger partial charge in [-0.15, -0.1) is 0 Å². The number of anilines is 1. The second-order valence-corrected chi connectivity index (χ2v) is 6.96. The molecule has 2 unspecified atom stereocenters. The van der Waals surface area contributed by atoms with Gasteiger partial charge in [-0.1, -0.05) is 29.9 Å². The molecule has 1 aromatic carbocycles. The number of hydrogen-bond donors (Lipinski definition) is 1. The summed E-state index contributed by atoms with van der Waals surface area (Å²) in [7, 11) is 1.52. The molecule has 0 spiro atoms. The first-order valence-electron chi connectivity index (χ1n) is 8.50. The van der Waals surface area contributed by atoms with Crippen LogP contribution in [0.1, 0.15) is 59.3 Å². The summed E-state index contributed by atoms with van der Waals surface area (Å²) in [4.78, 5) is 12.6. The summed E-state index contributed by atoms with van der Waals surface area (Å²) in [5.74, 6) is -0.181. The van der Waals surface area contributed by atoms with Gasteiger partial charge in [-0.25, -0.2) is 8.78 Å². The second kappa shape index (κ2) is 5.90. The lowest BCUT2D eigenvalue weighted by atomic mass is 9.95. The number of benzene rings is 1. The van der Waals surface area contributed by atoms with Gasteiger partial charge in [0.2, 0.25) is 0 Å². The molecule has 2 aliphatic rings. The SMILES string of the molecule is CC(C)=C1C2C=CC1c1c(NC(=O)c3cn(C)nc3C(F)F)cccc12. The van der Waals surface area contributed by atoms with E-state index in [1.54, 1.807) is 0 Å². The molecule has 2 aliphatic carbocycles. The Morgan fingerprint density at radius 1 is 1.23 bits per heavy atom. The number of aryl methyl sites for hydroxylation is 1. The van der Waals surface area contributed by atoms with Crippen molar-refractivity contribution in [2.24, 2.45) is 7.05 Å². The summed E-state index contributed by atoms with van der Waals surface area (Å²) < 4.78 is 27.5. The van der Waals surface area contributed by atoms with Gasteiger partial charge in [0.05, 0.1) is 5.56 Å². The molecular formula is C20H19F2N3O. The van der Waals surface area contributed by atoms with E-state index in [0.717, 1.165) is 5.56 Å². The van der Waals surface area contributed by atoms with Crippen molar-refractivity contribution in [1.29, 1.82) is 0 Å². The first-order valence-corrected chi connectivity index (χ1v) is 8.50. The Kier molecular flexibility index (Phi) is 3.79. The minimum Gasteiger partial charge on any atom is -0.322 e. The number of carbonyl (C=O) groups excluding carboxylic acids is 1. The van der Waals surface area contributed by atoms with Crippen LogP contribution < -0.4 is 5.32 Å². The van der Waals surface area contributed by atoms with Crippen molar-refractivity contribution < 1.29 is 13.6 Å². The molecule has 1 heterocycles. The number of amides is 1. The lowest BCUT2D eigenvalue weighted by molar-refractivity contribution is 0.101. The first kappa shape index (κ1) is 16.7. The van der Waals surface area contributed by atoms with E-state index in [0.29, 0.717) is 5.69 Å². The zero-order valence-electron chi connectivity index (χ0n) is 14.8. The summed E-state index contributed by atoms with van der Waals surface area (Å²) in [6, 6.07) is 5.78. The molecule has 134 valence electrons. The number of aromatic nitrogens is 2. The number of alkyl halides is 2. The molecule has 1 amide bonds. The molecule has 6 heteroatoms. The predicted molar refractivity (Wildman–Crippen MR) is 95.6 cm³/mol. The molecule has 4 rings (SSSR count). The maximum Gasteiger partial charge on any atom is 0.282 e. The largest absolute Gasteiger partial charge is 0.322 e.